The molecule has 1 aliphatic rings. The van der Waals surface area contributed by atoms with Crippen LogP contribution in [0.2, 0.25) is 5.02 Å². The summed E-state index contributed by atoms with van der Waals surface area (Å²) in [5.74, 6) is 0.239. The van der Waals surface area contributed by atoms with Gasteiger partial charge in [-0.3, -0.25) is 10.1 Å². The molecule has 1 saturated heterocycles. The Bertz CT molecular complexity index is 973. The van der Waals surface area contributed by atoms with Crippen molar-refractivity contribution in [2.75, 3.05) is 26.3 Å². The van der Waals surface area contributed by atoms with E-state index in [0.717, 1.165) is 11.6 Å². The van der Waals surface area contributed by atoms with Crippen LogP contribution in [-0.2, 0) is 14.8 Å². The third-order valence-corrected chi connectivity index (χ3v) is 6.26. The summed E-state index contributed by atoms with van der Waals surface area (Å²) in [6.45, 7) is 2.68. The smallest absolute Gasteiger partial charge is 0.271 e. The summed E-state index contributed by atoms with van der Waals surface area (Å²) in [6, 6.07) is 8.55. The molecule has 3 rings (SSSR count). The van der Waals surface area contributed by atoms with E-state index in [1.807, 2.05) is 6.92 Å². The van der Waals surface area contributed by atoms with Gasteiger partial charge in [0.1, 0.15) is 16.4 Å². The van der Waals surface area contributed by atoms with E-state index >= 15 is 0 Å². The first kappa shape index (κ1) is 19.6. The predicted octanol–water partition coefficient (Wildman–Crippen LogP) is 3.37. The van der Waals surface area contributed by atoms with Crippen LogP contribution >= 0.6 is 11.6 Å². The lowest BCUT2D eigenvalue weighted by Gasteiger charge is -2.26. The molecule has 1 fully saturated rings. The van der Waals surface area contributed by atoms with E-state index in [0.29, 0.717) is 5.02 Å². The summed E-state index contributed by atoms with van der Waals surface area (Å²) in [4.78, 5) is 10.2. The van der Waals surface area contributed by atoms with Crippen molar-refractivity contribution in [2.45, 2.75) is 11.8 Å². The molecule has 144 valence electrons. The molecule has 0 bridgehead atoms. The Balaban J connectivity index is 2.08. The Morgan fingerprint density at radius 1 is 1.15 bits per heavy atom. The highest BCUT2D eigenvalue weighted by molar-refractivity contribution is 7.89. The topological polar surface area (TPSA) is 99.0 Å². The number of hydrogen-bond donors (Lipinski definition) is 0. The Kier molecular flexibility index (Phi) is 5.66. The van der Waals surface area contributed by atoms with E-state index in [1.165, 1.54) is 16.4 Å². The molecule has 27 heavy (non-hydrogen) atoms. The monoisotopic (exact) mass is 412 g/mol. The zero-order chi connectivity index (χ0) is 19.6. The number of halogens is 1. The van der Waals surface area contributed by atoms with Crippen LogP contribution in [0.5, 0.6) is 11.5 Å². The highest BCUT2D eigenvalue weighted by Crippen LogP contribution is 2.37. The Labute approximate surface area is 161 Å². The fourth-order valence-electron chi connectivity index (χ4n) is 2.63. The van der Waals surface area contributed by atoms with Gasteiger partial charge in [0.25, 0.3) is 5.69 Å². The van der Waals surface area contributed by atoms with Gasteiger partial charge >= 0.3 is 0 Å². The van der Waals surface area contributed by atoms with Gasteiger partial charge in [-0.2, -0.15) is 4.31 Å². The van der Waals surface area contributed by atoms with Crippen molar-refractivity contribution >= 4 is 27.3 Å². The minimum absolute atomic E-state index is 0.0282. The second-order valence-corrected chi connectivity index (χ2v) is 8.25. The second kappa shape index (κ2) is 7.81. The lowest BCUT2D eigenvalue weighted by molar-refractivity contribution is -0.385. The van der Waals surface area contributed by atoms with Crippen LogP contribution in [0.4, 0.5) is 5.69 Å². The number of non-ortho nitro benzene ring substituents is 1. The number of nitro benzene ring substituents is 1. The van der Waals surface area contributed by atoms with E-state index in [2.05, 4.69) is 0 Å². The van der Waals surface area contributed by atoms with Crippen molar-refractivity contribution < 1.29 is 22.8 Å². The third kappa shape index (κ3) is 4.22. The normalized spacial score (nSPS) is 15.5. The van der Waals surface area contributed by atoms with Crippen molar-refractivity contribution in [2.24, 2.45) is 0 Å². The average Bonchev–Trinajstić information content (AvgIpc) is 2.65. The zero-order valence-corrected chi connectivity index (χ0v) is 16.0. The molecule has 0 spiro atoms. The maximum absolute atomic E-state index is 13.1. The number of benzene rings is 2. The molecule has 0 unspecified atom stereocenters. The van der Waals surface area contributed by atoms with Crippen LogP contribution < -0.4 is 4.74 Å². The number of morpholine rings is 1. The molecule has 0 amide bonds. The van der Waals surface area contributed by atoms with E-state index in [4.69, 9.17) is 21.1 Å². The van der Waals surface area contributed by atoms with E-state index in [-0.39, 0.29) is 48.4 Å². The summed E-state index contributed by atoms with van der Waals surface area (Å²) in [7, 11) is -4.01. The molecular formula is C17H17ClN2O6S. The first-order chi connectivity index (χ1) is 12.8. The maximum Gasteiger partial charge on any atom is 0.271 e. The summed E-state index contributed by atoms with van der Waals surface area (Å²) >= 11 is 6.13. The standard InChI is InChI=1S/C17H17ClN2O6S/c1-12-2-4-14(18)16(10-12)26-15-5-3-13(20(21)22)11-17(15)27(23,24)19-6-8-25-9-7-19/h2-5,10-11H,6-9H2,1H3. The molecule has 0 aliphatic carbocycles. The Morgan fingerprint density at radius 2 is 1.85 bits per heavy atom. The molecule has 0 N–H and O–H groups in total. The van der Waals surface area contributed by atoms with Gasteiger partial charge in [0.2, 0.25) is 10.0 Å². The van der Waals surface area contributed by atoms with Crippen LogP contribution in [0.3, 0.4) is 0 Å². The summed E-state index contributed by atoms with van der Waals surface area (Å²) in [5, 5.41) is 11.4. The van der Waals surface area contributed by atoms with Crippen LogP contribution in [-0.4, -0.2) is 43.9 Å². The highest BCUT2D eigenvalue weighted by Gasteiger charge is 2.31. The molecule has 0 saturated carbocycles. The zero-order valence-electron chi connectivity index (χ0n) is 14.4. The third-order valence-electron chi connectivity index (χ3n) is 4.03. The van der Waals surface area contributed by atoms with Gasteiger partial charge in [-0.1, -0.05) is 17.7 Å². The van der Waals surface area contributed by atoms with Gasteiger partial charge in [-0.15, -0.1) is 0 Å². The van der Waals surface area contributed by atoms with Gasteiger partial charge in [-0.25, -0.2) is 8.42 Å². The number of nitrogens with zero attached hydrogens (tertiary/aromatic N) is 2. The largest absolute Gasteiger partial charge is 0.454 e. The number of nitro groups is 1. The molecule has 0 atom stereocenters. The molecule has 1 heterocycles. The van der Waals surface area contributed by atoms with Crippen molar-refractivity contribution in [3.05, 3.63) is 57.1 Å². The lowest BCUT2D eigenvalue weighted by atomic mass is 10.2. The number of ether oxygens (including phenoxy) is 2. The molecule has 10 heteroatoms. The number of hydrogen-bond acceptors (Lipinski definition) is 6. The first-order valence-corrected chi connectivity index (χ1v) is 9.91. The van der Waals surface area contributed by atoms with Crippen LogP contribution in [0, 0.1) is 17.0 Å². The number of rotatable bonds is 5. The van der Waals surface area contributed by atoms with Crippen molar-refractivity contribution in [1.82, 2.24) is 4.31 Å². The summed E-state index contributed by atoms with van der Waals surface area (Å²) in [5.41, 5.74) is 0.526. The predicted molar refractivity (Wildman–Crippen MR) is 98.9 cm³/mol. The van der Waals surface area contributed by atoms with E-state index in [1.54, 1.807) is 18.2 Å². The Morgan fingerprint density at radius 3 is 2.52 bits per heavy atom. The van der Waals surface area contributed by atoms with E-state index in [9.17, 15) is 18.5 Å². The molecule has 0 aromatic heterocycles. The average molecular weight is 413 g/mol. The van der Waals surface area contributed by atoms with Gasteiger partial charge in [-0.05, 0) is 30.7 Å². The van der Waals surface area contributed by atoms with Crippen molar-refractivity contribution in [3.8, 4) is 11.5 Å². The Hall–Kier alpha value is -2.20. The van der Waals surface area contributed by atoms with Gasteiger partial charge in [0.05, 0.1) is 23.2 Å². The van der Waals surface area contributed by atoms with Crippen molar-refractivity contribution in [1.29, 1.82) is 0 Å². The minimum atomic E-state index is -4.01. The second-order valence-electron chi connectivity index (χ2n) is 5.94. The molecule has 2 aromatic rings. The lowest BCUT2D eigenvalue weighted by Crippen LogP contribution is -2.40. The van der Waals surface area contributed by atoms with Crippen molar-refractivity contribution in [3.63, 3.8) is 0 Å². The van der Waals surface area contributed by atoms with Crippen LogP contribution in [0.15, 0.2) is 41.3 Å². The fourth-order valence-corrected chi connectivity index (χ4v) is 4.33. The van der Waals surface area contributed by atoms with Crippen LogP contribution in [0.25, 0.3) is 0 Å². The van der Waals surface area contributed by atoms with E-state index < -0.39 is 14.9 Å². The molecule has 1 aliphatic heterocycles. The molecule has 2 aromatic carbocycles. The van der Waals surface area contributed by atoms with Gasteiger partial charge in [0, 0.05) is 25.2 Å². The summed E-state index contributed by atoms with van der Waals surface area (Å²) in [6.07, 6.45) is 0. The summed E-state index contributed by atoms with van der Waals surface area (Å²) < 4.78 is 38.3. The van der Waals surface area contributed by atoms with Crippen LogP contribution in [0.1, 0.15) is 5.56 Å². The number of sulfonamides is 1. The fraction of sp³-hybridized carbons (Fsp3) is 0.294. The molecule has 8 nitrogen and oxygen atoms in total. The maximum atomic E-state index is 13.1. The SMILES string of the molecule is Cc1ccc(Cl)c(Oc2ccc([N+](=O)[O-])cc2S(=O)(=O)N2CCOCC2)c1. The highest BCUT2D eigenvalue weighted by atomic mass is 35.5. The van der Waals surface area contributed by atoms with Gasteiger partial charge < -0.3 is 9.47 Å². The minimum Gasteiger partial charge on any atom is -0.454 e. The number of aryl methyl sites for hydroxylation is 1. The molecular weight excluding hydrogens is 396 g/mol. The quantitative estimate of drug-likeness (QED) is 0.551. The van der Waals surface area contributed by atoms with Gasteiger partial charge in [0.15, 0.2) is 0 Å². The first-order valence-electron chi connectivity index (χ1n) is 8.09. The molecule has 0 radical (unpaired) electrons.